The maximum absolute atomic E-state index is 5.99. The van der Waals surface area contributed by atoms with Gasteiger partial charge in [-0.2, -0.15) is 5.10 Å². The maximum atomic E-state index is 5.99. The molecule has 0 saturated heterocycles. The molecule has 1 aliphatic rings. The Labute approximate surface area is 173 Å². The molecule has 1 aliphatic heterocycles. The molecular formula is C21H20ClN3O2S. The Morgan fingerprint density at radius 1 is 1.07 bits per heavy atom. The number of ether oxygens (including phenoxy) is 2. The average molecular weight is 414 g/mol. The highest BCUT2D eigenvalue weighted by molar-refractivity contribution is 7.14. The van der Waals surface area contributed by atoms with Crippen LogP contribution in [0.1, 0.15) is 24.9 Å². The molecule has 0 radical (unpaired) electrons. The molecule has 7 heteroatoms. The SMILES string of the molecule is COc1ccc(C2CC(C)=NN2c2nc(-c3ccc(Cl)cc3)cs2)cc1OC. The van der Waals surface area contributed by atoms with Gasteiger partial charge >= 0.3 is 0 Å². The van der Waals surface area contributed by atoms with Gasteiger partial charge in [0.1, 0.15) is 0 Å². The van der Waals surface area contributed by atoms with E-state index in [2.05, 4.69) is 6.07 Å². The van der Waals surface area contributed by atoms with Crippen LogP contribution in [0.25, 0.3) is 11.3 Å². The van der Waals surface area contributed by atoms with E-state index in [1.165, 1.54) is 0 Å². The Morgan fingerprint density at radius 3 is 2.54 bits per heavy atom. The molecule has 28 heavy (non-hydrogen) atoms. The van der Waals surface area contributed by atoms with E-state index in [0.29, 0.717) is 16.5 Å². The number of rotatable bonds is 5. The summed E-state index contributed by atoms with van der Waals surface area (Å²) >= 11 is 7.58. The fourth-order valence-corrected chi connectivity index (χ4v) is 4.24. The molecule has 1 aromatic heterocycles. The minimum atomic E-state index is 0.0732. The second-order valence-electron chi connectivity index (χ2n) is 6.54. The number of nitrogens with zero attached hydrogens (tertiary/aromatic N) is 3. The van der Waals surface area contributed by atoms with E-state index in [4.69, 9.17) is 31.2 Å². The Kier molecular flexibility index (Phi) is 5.24. The summed E-state index contributed by atoms with van der Waals surface area (Å²) in [6, 6.07) is 13.8. The second kappa shape index (κ2) is 7.81. The first-order chi connectivity index (χ1) is 13.6. The molecule has 144 valence electrons. The van der Waals surface area contributed by atoms with Crippen LogP contribution in [0.4, 0.5) is 5.13 Å². The summed E-state index contributed by atoms with van der Waals surface area (Å²) in [6.45, 7) is 2.04. The van der Waals surface area contributed by atoms with Crippen molar-refractivity contribution < 1.29 is 9.47 Å². The summed E-state index contributed by atoms with van der Waals surface area (Å²) < 4.78 is 10.8. The fourth-order valence-electron chi connectivity index (χ4n) is 3.28. The number of hydrazone groups is 1. The summed E-state index contributed by atoms with van der Waals surface area (Å²) in [5.41, 5.74) is 4.14. The predicted molar refractivity (Wildman–Crippen MR) is 115 cm³/mol. The van der Waals surface area contributed by atoms with Crippen LogP contribution in [0.15, 0.2) is 52.9 Å². The Bertz CT molecular complexity index is 1020. The van der Waals surface area contributed by atoms with E-state index in [9.17, 15) is 0 Å². The lowest BCUT2D eigenvalue weighted by Gasteiger charge is -2.22. The molecule has 0 bridgehead atoms. The number of aromatic nitrogens is 1. The van der Waals surface area contributed by atoms with E-state index in [0.717, 1.165) is 34.1 Å². The van der Waals surface area contributed by atoms with Crippen LogP contribution in [0.5, 0.6) is 11.5 Å². The van der Waals surface area contributed by atoms with Crippen molar-refractivity contribution >= 4 is 33.8 Å². The molecule has 1 atom stereocenters. The molecule has 0 amide bonds. The van der Waals surface area contributed by atoms with Crippen LogP contribution in [-0.2, 0) is 0 Å². The number of methoxy groups -OCH3 is 2. The van der Waals surface area contributed by atoms with Crippen LogP contribution in [0.3, 0.4) is 0 Å². The van der Waals surface area contributed by atoms with Crippen molar-refractivity contribution in [2.24, 2.45) is 5.10 Å². The predicted octanol–water partition coefficient (Wildman–Crippen LogP) is 5.81. The number of benzene rings is 2. The molecule has 3 aromatic rings. The third kappa shape index (κ3) is 3.57. The van der Waals surface area contributed by atoms with Gasteiger partial charge in [-0.3, -0.25) is 0 Å². The summed E-state index contributed by atoms with van der Waals surface area (Å²) in [5, 5.41) is 10.4. The number of thiazole rings is 1. The third-order valence-corrected chi connectivity index (χ3v) is 5.77. The van der Waals surface area contributed by atoms with Crippen LogP contribution < -0.4 is 14.5 Å². The zero-order valence-corrected chi connectivity index (χ0v) is 17.4. The van der Waals surface area contributed by atoms with Crippen molar-refractivity contribution in [2.45, 2.75) is 19.4 Å². The second-order valence-corrected chi connectivity index (χ2v) is 7.81. The lowest BCUT2D eigenvalue weighted by molar-refractivity contribution is 0.354. The van der Waals surface area contributed by atoms with E-state index in [1.807, 2.05) is 53.7 Å². The number of hydrogen-bond acceptors (Lipinski definition) is 6. The van der Waals surface area contributed by atoms with Crippen LogP contribution >= 0.6 is 22.9 Å². The van der Waals surface area contributed by atoms with Crippen molar-refractivity contribution in [3.8, 4) is 22.8 Å². The fraction of sp³-hybridized carbons (Fsp3) is 0.238. The number of halogens is 1. The Balaban J connectivity index is 1.66. The van der Waals surface area contributed by atoms with Crippen LogP contribution in [0, 0.1) is 0 Å². The summed E-state index contributed by atoms with van der Waals surface area (Å²) in [7, 11) is 3.29. The number of hydrogen-bond donors (Lipinski definition) is 0. The van der Waals surface area contributed by atoms with Gasteiger partial charge in [-0.1, -0.05) is 29.8 Å². The van der Waals surface area contributed by atoms with Gasteiger partial charge in [0.25, 0.3) is 0 Å². The van der Waals surface area contributed by atoms with Crippen molar-refractivity contribution in [3.63, 3.8) is 0 Å². The van der Waals surface area contributed by atoms with Gasteiger partial charge < -0.3 is 9.47 Å². The quantitative estimate of drug-likeness (QED) is 0.529. The lowest BCUT2D eigenvalue weighted by Crippen LogP contribution is -2.18. The van der Waals surface area contributed by atoms with E-state index in [1.54, 1.807) is 25.6 Å². The van der Waals surface area contributed by atoms with Gasteiger partial charge in [-0.25, -0.2) is 9.99 Å². The van der Waals surface area contributed by atoms with Gasteiger partial charge in [0.15, 0.2) is 11.5 Å². The minimum Gasteiger partial charge on any atom is -0.493 e. The molecule has 0 spiro atoms. The van der Waals surface area contributed by atoms with Crippen molar-refractivity contribution in [3.05, 3.63) is 58.4 Å². The van der Waals surface area contributed by atoms with Gasteiger partial charge in [0.2, 0.25) is 5.13 Å². The molecule has 0 aliphatic carbocycles. The molecule has 4 rings (SSSR count). The third-order valence-electron chi connectivity index (χ3n) is 4.68. The van der Waals surface area contributed by atoms with Gasteiger partial charge in [0.05, 0.1) is 26.0 Å². The van der Waals surface area contributed by atoms with Gasteiger partial charge in [0, 0.05) is 28.1 Å². The van der Waals surface area contributed by atoms with E-state index in [-0.39, 0.29) is 6.04 Å². The molecular weight excluding hydrogens is 394 g/mol. The highest BCUT2D eigenvalue weighted by Crippen LogP contribution is 2.40. The zero-order chi connectivity index (χ0) is 19.7. The highest BCUT2D eigenvalue weighted by atomic mass is 35.5. The van der Waals surface area contributed by atoms with Crippen LogP contribution in [-0.4, -0.2) is 24.9 Å². The first kappa shape index (κ1) is 18.8. The molecule has 5 nitrogen and oxygen atoms in total. The molecule has 2 heterocycles. The molecule has 1 unspecified atom stereocenters. The Hall–Kier alpha value is -2.57. The smallest absolute Gasteiger partial charge is 0.207 e. The standard InChI is InChI=1S/C21H20ClN3O2S/c1-13-10-18(15-6-9-19(26-2)20(11-15)27-3)25(24-13)21-23-17(12-28-21)14-4-7-16(22)8-5-14/h4-9,11-12,18H,10H2,1-3H3. The lowest BCUT2D eigenvalue weighted by atomic mass is 10.0. The normalized spacial score (nSPS) is 16.2. The highest BCUT2D eigenvalue weighted by Gasteiger charge is 2.30. The largest absolute Gasteiger partial charge is 0.493 e. The van der Waals surface area contributed by atoms with E-state index < -0.39 is 0 Å². The van der Waals surface area contributed by atoms with Crippen molar-refractivity contribution in [2.75, 3.05) is 19.2 Å². The molecule has 0 fully saturated rings. The number of anilines is 1. The van der Waals surface area contributed by atoms with Crippen LogP contribution in [0.2, 0.25) is 5.02 Å². The first-order valence-corrected chi connectivity index (χ1v) is 10.1. The van der Waals surface area contributed by atoms with Crippen molar-refractivity contribution in [1.82, 2.24) is 4.98 Å². The summed E-state index contributed by atoms with van der Waals surface area (Å²) in [6.07, 6.45) is 0.839. The summed E-state index contributed by atoms with van der Waals surface area (Å²) in [4.78, 5) is 4.82. The zero-order valence-electron chi connectivity index (χ0n) is 15.8. The molecule has 0 saturated carbocycles. The van der Waals surface area contributed by atoms with Crippen molar-refractivity contribution in [1.29, 1.82) is 0 Å². The topological polar surface area (TPSA) is 47.0 Å². The monoisotopic (exact) mass is 413 g/mol. The molecule has 0 N–H and O–H groups in total. The van der Waals surface area contributed by atoms with Gasteiger partial charge in [-0.15, -0.1) is 11.3 Å². The average Bonchev–Trinajstić information content (AvgIpc) is 3.34. The molecule has 2 aromatic carbocycles. The maximum Gasteiger partial charge on any atom is 0.207 e. The van der Waals surface area contributed by atoms with E-state index >= 15 is 0 Å². The summed E-state index contributed by atoms with van der Waals surface area (Å²) in [5.74, 6) is 1.43. The first-order valence-electron chi connectivity index (χ1n) is 8.85. The van der Waals surface area contributed by atoms with Gasteiger partial charge in [-0.05, 0) is 36.8 Å². The minimum absolute atomic E-state index is 0.0732. The Morgan fingerprint density at radius 2 is 1.82 bits per heavy atom.